The van der Waals surface area contributed by atoms with Crippen LogP contribution in [0.25, 0.3) is 0 Å². The lowest BCUT2D eigenvalue weighted by atomic mass is 9.88. The van der Waals surface area contributed by atoms with Crippen molar-refractivity contribution in [3.63, 3.8) is 0 Å². The van der Waals surface area contributed by atoms with Crippen molar-refractivity contribution < 1.29 is 9.59 Å². The van der Waals surface area contributed by atoms with E-state index < -0.39 is 0 Å². The molecular weight excluding hydrogens is 326 g/mol. The van der Waals surface area contributed by atoms with Crippen molar-refractivity contribution in [2.45, 2.75) is 44.6 Å². The zero-order valence-corrected chi connectivity index (χ0v) is 14.5. The van der Waals surface area contributed by atoms with E-state index in [0.29, 0.717) is 17.3 Å². The van der Waals surface area contributed by atoms with Gasteiger partial charge in [0.25, 0.3) is 0 Å². The van der Waals surface area contributed by atoms with Crippen molar-refractivity contribution in [1.82, 2.24) is 10.2 Å². The van der Waals surface area contributed by atoms with E-state index >= 15 is 0 Å². The predicted molar refractivity (Wildman–Crippen MR) is 95.2 cm³/mol. The third-order valence-electron chi connectivity index (χ3n) is 4.91. The lowest BCUT2D eigenvalue weighted by Crippen LogP contribution is -2.42. The van der Waals surface area contributed by atoms with Gasteiger partial charge < -0.3 is 15.5 Å². The van der Waals surface area contributed by atoms with Crippen LogP contribution in [-0.4, -0.2) is 36.0 Å². The van der Waals surface area contributed by atoms with Crippen LogP contribution in [0.4, 0.5) is 10.5 Å². The van der Waals surface area contributed by atoms with Gasteiger partial charge in [0.1, 0.15) is 0 Å². The van der Waals surface area contributed by atoms with E-state index in [1.54, 1.807) is 12.1 Å². The number of halogens is 1. The number of urea groups is 1. The van der Waals surface area contributed by atoms with Gasteiger partial charge in [0.15, 0.2) is 0 Å². The third-order valence-corrected chi connectivity index (χ3v) is 5.24. The fourth-order valence-electron chi connectivity index (χ4n) is 3.59. The molecule has 1 saturated carbocycles. The smallest absolute Gasteiger partial charge is 0.319 e. The van der Waals surface area contributed by atoms with Gasteiger partial charge in [-0.25, -0.2) is 4.79 Å². The highest BCUT2D eigenvalue weighted by Gasteiger charge is 2.32. The summed E-state index contributed by atoms with van der Waals surface area (Å²) in [6, 6.07) is 6.85. The van der Waals surface area contributed by atoms with Gasteiger partial charge in [0.05, 0.1) is 10.7 Å². The minimum Gasteiger partial charge on any atom is -0.340 e. The highest BCUT2D eigenvalue weighted by atomic mass is 35.5. The summed E-state index contributed by atoms with van der Waals surface area (Å²) in [4.78, 5) is 26.6. The van der Waals surface area contributed by atoms with Gasteiger partial charge in [0, 0.05) is 25.0 Å². The standard InChI is InChI=1S/C18H24ClN3O2/c19-15-8-4-5-9-16(15)21-18(24)20-14-10-11-22(12-14)17(23)13-6-2-1-3-7-13/h4-5,8-9,13-14H,1-3,6-7,10-12H2,(H2,20,21,24)/t14-/m1/s1. The van der Waals surface area contributed by atoms with Crippen molar-refractivity contribution in [3.05, 3.63) is 29.3 Å². The number of benzene rings is 1. The second-order valence-electron chi connectivity index (χ2n) is 6.68. The van der Waals surface area contributed by atoms with E-state index in [9.17, 15) is 9.59 Å². The van der Waals surface area contributed by atoms with Crippen LogP contribution in [0.3, 0.4) is 0 Å². The number of anilines is 1. The molecule has 1 atom stereocenters. The van der Waals surface area contributed by atoms with Gasteiger partial charge >= 0.3 is 6.03 Å². The first-order valence-corrected chi connectivity index (χ1v) is 9.12. The average molecular weight is 350 g/mol. The summed E-state index contributed by atoms with van der Waals surface area (Å²) in [5.74, 6) is 0.458. The Kier molecular flexibility index (Phi) is 5.61. The maximum atomic E-state index is 12.5. The Labute approximate surface area is 147 Å². The minimum atomic E-state index is -0.278. The molecule has 2 fully saturated rings. The van der Waals surface area contributed by atoms with Crippen LogP contribution in [0.1, 0.15) is 38.5 Å². The van der Waals surface area contributed by atoms with E-state index in [2.05, 4.69) is 10.6 Å². The number of carbonyl (C=O) groups excluding carboxylic acids is 2. The number of nitrogens with zero attached hydrogens (tertiary/aromatic N) is 1. The lowest BCUT2D eigenvalue weighted by molar-refractivity contribution is -0.135. The first kappa shape index (κ1) is 17.1. The van der Waals surface area contributed by atoms with Crippen LogP contribution in [-0.2, 0) is 4.79 Å². The summed E-state index contributed by atoms with van der Waals surface area (Å²) in [6.45, 7) is 1.33. The molecule has 5 nitrogen and oxygen atoms in total. The van der Waals surface area contributed by atoms with Gasteiger partial charge in [-0.3, -0.25) is 4.79 Å². The van der Waals surface area contributed by atoms with E-state index in [4.69, 9.17) is 11.6 Å². The highest BCUT2D eigenvalue weighted by molar-refractivity contribution is 6.33. The SMILES string of the molecule is O=C(Nc1ccccc1Cl)N[C@@H]1CCN(C(=O)C2CCCCC2)C1. The second kappa shape index (κ2) is 7.88. The molecule has 1 aliphatic carbocycles. The van der Waals surface area contributed by atoms with Gasteiger partial charge in [-0.1, -0.05) is 43.0 Å². The fraction of sp³-hybridized carbons (Fsp3) is 0.556. The van der Waals surface area contributed by atoms with Crippen molar-refractivity contribution in [3.8, 4) is 0 Å². The first-order valence-electron chi connectivity index (χ1n) is 8.74. The van der Waals surface area contributed by atoms with Crippen LogP contribution < -0.4 is 10.6 Å². The van der Waals surface area contributed by atoms with Crippen molar-refractivity contribution in [2.24, 2.45) is 5.92 Å². The molecule has 1 saturated heterocycles. The number of nitrogens with one attached hydrogen (secondary N) is 2. The average Bonchev–Trinajstić information content (AvgIpc) is 3.05. The van der Waals surface area contributed by atoms with E-state index in [0.717, 1.165) is 38.6 Å². The van der Waals surface area contributed by atoms with Crippen LogP contribution in [0.2, 0.25) is 5.02 Å². The molecule has 24 heavy (non-hydrogen) atoms. The number of amides is 3. The van der Waals surface area contributed by atoms with E-state index in [1.807, 2.05) is 17.0 Å². The molecule has 1 aliphatic heterocycles. The molecule has 0 spiro atoms. The molecule has 1 heterocycles. The van der Waals surface area contributed by atoms with E-state index in [1.165, 1.54) is 6.42 Å². The van der Waals surface area contributed by atoms with Gasteiger partial charge in [-0.2, -0.15) is 0 Å². The maximum Gasteiger partial charge on any atom is 0.319 e. The Morgan fingerprint density at radius 2 is 1.83 bits per heavy atom. The minimum absolute atomic E-state index is 0.0000262. The molecule has 0 radical (unpaired) electrons. The normalized spacial score (nSPS) is 21.5. The zero-order valence-electron chi connectivity index (χ0n) is 13.8. The van der Waals surface area contributed by atoms with E-state index in [-0.39, 0.29) is 23.9 Å². The summed E-state index contributed by atoms with van der Waals surface area (Å²) in [5, 5.41) is 6.21. The molecule has 2 N–H and O–H groups in total. The van der Waals surface area contributed by atoms with Crippen LogP contribution in [0, 0.1) is 5.92 Å². The first-order chi connectivity index (χ1) is 11.6. The Hall–Kier alpha value is -1.75. The maximum absolute atomic E-state index is 12.5. The Bertz CT molecular complexity index is 602. The summed E-state index contributed by atoms with van der Waals surface area (Å²) in [6.07, 6.45) is 6.39. The molecule has 1 aromatic carbocycles. The van der Waals surface area contributed by atoms with Crippen molar-refractivity contribution in [2.75, 3.05) is 18.4 Å². The molecule has 0 aromatic heterocycles. The number of para-hydroxylation sites is 1. The van der Waals surface area contributed by atoms with Gasteiger partial charge in [0.2, 0.25) is 5.91 Å². The highest BCUT2D eigenvalue weighted by Crippen LogP contribution is 2.27. The Morgan fingerprint density at radius 3 is 2.58 bits per heavy atom. The zero-order chi connectivity index (χ0) is 16.9. The Balaban J connectivity index is 1.48. The Morgan fingerprint density at radius 1 is 1.08 bits per heavy atom. The monoisotopic (exact) mass is 349 g/mol. The topological polar surface area (TPSA) is 61.4 Å². The summed E-state index contributed by atoms with van der Waals surface area (Å²) < 4.78 is 0. The van der Waals surface area contributed by atoms with Crippen molar-refractivity contribution >= 4 is 29.2 Å². The molecule has 0 unspecified atom stereocenters. The van der Waals surface area contributed by atoms with Gasteiger partial charge in [-0.15, -0.1) is 0 Å². The van der Waals surface area contributed by atoms with Crippen LogP contribution in [0.15, 0.2) is 24.3 Å². The molecule has 130 valence electrons. The largest absolute Gasteiger partial charge is 0.340 e. The molecular formula is C18H24ClN3O2. The molecule has 2 aliphatic rings. The quantitative estimate of drug-likeness (QED) is 0.875. The van der Waals surface area contributed by atoms with Crippen LogP contribution in [0.5, 0.6) is 0 Å². The molecule has 6 heteroatoms. The number of carbonyl (C=O) groups is 2. The number of rotatable bonds is 3. The molecule has 3 amide bonds. The number of hydrogen-bond acceptors (Lipinski definition) is 2. The molecule has 0 bridgehead atoms. The number of hydrogen-bond donors (Lipinski definition) is 2. The molecule has 3 rings (SSSR count). The second-order valence-corrected chi connectivity index (χ2v) is 7.09. The fourth-order valence-corrected chi connectivity index (χ4v) is 3.78. The van der Waals surface area contributed by atoms with Crippen LogP contribution >= 0.6 is 11.6 Å². The number of likely N-dealkylation sites (tertiary alicyclic amines) is 1. The van der Waals surface area contributed by atoms with Gasteiger partial charge in [-0.05, 0) is 31.4 Å². The molecule has 1 aromatic rings. The van der Waals surface area contributed by atoms with Crippen molar-refractivity contribution in [1.29, 1.82) is 0 Å². The predicted octanol–water partition coefficient (Wildman–Crippen LogP) is 3.64. The summed E-state index contributed by atoms with van der Waals surface area (Å²) >= 11 is 6.04. The summed E-state index contributed by atoms with van der Waals surface area (Å²) in [5.41, 5.74) is 0.588. The lowest BCUT2D eigenvalue weighted by Gasteiger charge is -2.26. The third kappa shape index (κ3) is 4.20. The summed E-state index contributed by atoms with van der Waals surface area (Å²) in [7, 11) is 0.